The van der Waals surface area contributed by atoms with Gasteiger partial charge < -0.3 is 10.4 Å². The Labute approximate surface area is 123 Å². The van der Waals surface area contributed by atoms with Gasteiger partial charge in [-0.05, 0) is 36.6 Å². The van der Waals surface area contributed by atoms with Crippen LogP contribution in [0.1, 0.15) is 32.3 Å². The van der Waals surface area contributed by atoms with Crippen LogP contribution in [0.5, 0.6) is 0 Å². The maximum Gasteiger partial charge on any atom is 0.0499 e. The molecule has 0 amide bonds. The van der Waals surface area contributed by atoms with E-state index >= 15 is 0 Å². The van der Waals surface area contributed by atoms with Crippen LogP contribution in [-0.2, 0) is 6.54 Å². The third-order valence-corrected chi connectivity index (χ3v) is 4.67. The average molecular weight is 335 g/mol. The summed E-state index contributed by atoms with van der Waals surface area (Å²) in [6.45, 7) is 6.04. The van der Waals surface area contributed by atoms with Crippen LogP contribution < -0.4 is 5.32 Å². The molecule has 1 rings (SSSR count). The summed E-state index contributed by atoms with van der Waals surface area (Å²) in [6.07, 6.45) is 1.95. The van der Waals surface area contributed by atoms with Gasteiger partial charge in [0.25, 0.3) is 0 Å². The zero-order chi connectivity index (χ0) is 13.6. The Morgan fingerprint density at radius 2 is 2.00 bits per heavy atom. The minimum Gasteiger partial charge on any atom is -0.396 e. The standard InChI is InChI=1S/C14H21BrClNO/c1-3-14(4-2,10-18)9-17-8-11-7-12(16)5-6-13(11)15/h5-7,17-18H,3-4,8-10H2,1-2H3. The van der Waals surface area contributed by atoms with E-state index in [-0.39, 0.29) is 12.0 Å². The van der Waals surface area contributed by atoms with Crippen LogP contribution >= 0.6 is 27.5 Å². The number of hydrogen-bond donors (Lipinski definition) is 2. The van der Waals surface area contributed by atoms with Crippen molar-refractivity contribution in [2.24, 2.45) is 5.41 Å². The van der Waals surface area contributed by atoms with Gasteiger partial charge in [-0.1, -0.05) is 41.4 Å². The van der Waals surface area contributed by atoms with Gasteiger partial charge >= 0.3 is 0 Å². The molecule has 0 saturated carbocycles. The van der Waals surface area contributed by atoms with Gasteiger partial charge in [0.1, 0.15) is 0 Å². The van der Waals surface area contributed by atoms with E-state index in [0.29, 0.717) is 0 Å². The van der Waals surface area contributed by atoms with E-state index in [0.717, 1.165) is 41.0 Å². The zero-order valence-electron chi connectivity index (χ0n) is 11.0. The van der Waals surface area contributed by atoms with Crippen molar-refractivity contribution in [3.63, 3.8) is 0 Å². The summed E-state index contributed by atoms with van der Waals surface area (Å²) in [5.74, 6) is 0. The van der Waals surface area contributed by atoms with Crippen molar-refractivity contribution in [1.82, 2.24) is 5.32 Å². The molecule has 0 atom stereocenters. The largest absolute Gasteiger partial charge is 0.396 e. The topological polar surface area (TPSA) is 32.3 Å². The first kappa shape index (κ1) is 16.0. The Kier molecular flexibility index (Phi) is 6.64. The maximum absolute atomic E-state index is 9.50. The highest BCUT2D eigenvalue weighted by Gasteiger charge is 2.24. The van der Waals surface area contributed by atoms with Crippen LogP contribution in [0, 0.1) is 5.41 Å². The Morgan fingerprint density at radius 1 is 1.33 bits per heavy atom. The van der Waals surface area contributed by atoms with Gasteiger partial charge in [0.05, 0.1) is 0 Å². The third-order valence-electron chi connectivity index (χ3n) is 3.66. The fraction of sp³-hybridized carbons (Fsp3) is 0.571. The average Bonchev–Trinajstić information content (AvgIpc) is 2.39. The zero-order valence-corrected chi connectivity index (χ0v) is 13.3. The van der Waals surface area contributed by atoms with E-state index < -0.39 is 0 Å². The molecule has 0 fully saturated rings. The second-order valence-corrected chi connectivity index (χ2v) is 6.00. The lowest BCUT2D eigenvalue weighted by atomic mass is 9.83. The van der Waals surface area contributed by atoms with Gasteiger partial charge in [0.15, 0.2) is 0 Å². The predicted molar refractivity (Wildman–Crippen MR) is 81.0 cm³/mol. The molecular formula is C14H21BrClNO. The van der Waals surface area contributed by atoms with Crippen molar-refractivity contribution < 1.29 is 5.11 Å². The molecule has 0 unspecified atom stereocenters. The van der Waals surface area contributed by atoms with Gasteiger partial charge in [-0.25, -0.2) is 0 Å². The van der Waals surface area contributed by atoms with Crippen LogP contribution in [-0.4, -0.2) is 18.3 Å². The van der Waals surface area contributed by atoms with Crippen molar-refractivity contribution in [1.29, 1.82) is 0 Å². The van der Waals surface area contributed by atoms with Gasteiger partial charge in [0, 0.05) is 34.6 Å². The number of benzene rings is 1. The summed E-state index contributed by atoms with van der Waals surface area (Å²) >= 11 is 9.49. The SMILES string of the molecule is CCC(CC)(CO)CNCc1cc(Cl)ccc1Br. The molecular weight excluding hydrogens is 314 g/mol. The van der Waals surface area contributed by atoms with Crippen LogP contribution in [0.4, 0.5) is 0 Å². The molecule has 0 aliphatic carbocycles. The first-order valence-corrected chi connectivity index (χ1v) is 7.49. The van der Waals surface area contributed by atoms with E-state index in [1.807, 2.05) is 18.2 Å². The van der Waals surface area contributed by atoms with Crippen molar-refractivity contribution in [2.45, 2.75) is 33.2 Å². The molecule has 0 aliphatic heterocycles. The highest BCUT2D eigenvalue weighted by Crippen LogP contribution is 2.25. The number of aliphatic hydroxyl groups is 1. The monoisotopic (exact) mass is 333 g/mol. The van der Waals surface area contributed by atoms with Crippen LogP contribution in [0.25, 0.3) is 0 Å². The van der Waals surface area contributed by atoms with Crippen molar-refractivity contribution in [3.05, 3.63) is 33.3 Å². The molecule has 0 bridgehead atoms. The fourth-order valence-corrected chi connectivity index (χ4v) is 2.50. The minimum atomic E-state index is -0.00888. The number of halogens is 2. The van der Waals surface area contributed by atoms with Gasteiger partial charge in [-0.2, -0.15) is 0 Å². The summed E-state index contributed by atoms with van der Waals surface area (Å²) in [5.41, 5.74) is 1.13. The number of aliphatic hydroxyl groups excluding tert-OH is 1. The highest BCUT2D eigenvalue weighted by molar-refractivity contribution is 9.10. The second kappa shape index (κ2) is 7.49. The maximum atomic E-state index is 9.50. The first-order chi connectivity index (χ1) is 8.56. The molecule has 2 N–H and O–H groups in total. The summed E-state index contributed by atoms with van der Waals surface area (Å²) in [4.78, 5) is 0. The Balaban J connectivity index is 2.57. The molecule has 0 heterocycles. The lowest BCUT2D eigenvalue weighted by Gasteiger charge is -2.29. The smallest absolute Gasteiger partial charge is 0.0499 e. The molecule has 0 radical (unpaired) electrons. The Bertz CT molecular complexity index is 372. The summed E-state index contributed by atoms with van der Waals surface area (Å²) in [6, 6.07) is 5.78. The Hall–Kier alpha value is -0.0900. The number of hydrogen-bond acceptors (Lipinski definition) is 2. The normalized spacial score (nSPS) is 11.8. The predicted octanol–water partition coefficient (Wildman–Crippen LogP) is 3.99. The molecule has 2 nitrogen and oxygen atoms in total. The summed E-state index contributed by atoms with van der Waals surface area (Å²) in [5, 5.41) is 13.7. The molecule has 4 heteroatoms. The van der Waals surface area contributed by atoms with E-state index in [9.17, 15) is 5.11 Å². The molecule has 0 saturated heterocycles. The number of nitrogens with one attached hydrogen (secondary N) is 1. The molecule has 0 aromatic heterocycles. The van der Waals surface area contributed by atoms with Gasteiger partial charge in [0.2, 0.25) is 0 Å². The van der Waals surface area contributed by atoms with Crippen molar-refractivity contribution in [3.8, 4) is 0 Å². The van der Waals surface area contributed by atoms with Crippen LogP contribution in [0.2, 0.25) is 5.02 Å². The quantitative estimate of drug-likeness (QED) is 0.790. The van der Waals surface area contributed by atoms with E-state index in [2.05, 4.69) is 35.1 Å². The Morgan fingerprint density at radius 3 is 2.56 bits per heavy atom. The second-order valence-electron chi connectivity index (χ2n) is 4.70. The van der Waals surface area contributed by atoms with Crippen LogP contribution in [0.3, 0.4) is 0 Å². The first-order valence-electron chi connectivity index (χ1n) is 6.32. The molecule has 1 aromatic rings. The molecule has 0 aliphatic rings. The van der Waals surface area contributed by atoms with Gasteiger partial charge in [-0.3, -0.25) is 0 Å². The van der Waals surface area contributed by atoms with Crippen LogP contribution in [0.15, 0.2) is 22.7 Å². The van der Waals surface area contributed by atoms with Gasteiger partial charge in [-0.15, -0.1) is 0 Å². The van der Waals surface area contributed by atoms with E-state index in [1.165, 1.54) is 0 Å². The van der Waals surface area contributed by atoms with E-state index in [1.54, 1.807) is 0 Å². The lowest BCUT2D eigenvalue weighted by Crippen LogP contribution is -2.36. The molecule has 1 aromatic carbocycles. The molecule has 102 valence electrons. The highest BCUT2D eigenvalue weighted by atomic mass is 79.9. The summed E-state index contributed by atoms with van der Waals surface area (Å²) in [7, 11) is 0. The third kappa shape index (κ3) is 4.23. The van der Waals surface area contributed by atoms with Crippen molar-refractivity contribution >= 4 is 27.5 Å². The molecule has 18 heavy (non-hydrogen) atoms. The molecule has 0 spiro atoms. The van der Waals surface area contributed by atoms with Crippen molar-refractivity contribution in [2.75, 3.05) is 13.2 Å². The lowest BCUT2D eigenvalue weighted by molar-refractivity contribution is 0.113. The minimum absolute atomic E-state index is 0.00888. The van der Waals surface area contributed by atoms with E-state index in [4.69, 9.17) is 11.6 Å². The summed E-state index contributed by atoms with van der Waals surface area (Å²) < 4.78 is 1.06. The number of rotatable bonds is 7. The fourth-order valence-electron chi connectivity index (χ4n) is 1.92.